The zero-order valence-corrected chi connectivity index (χ0v) is 27.2. The molecule has 0 aliphatic carbocycles. The Hall–Kier alpha value is -3.84. The molecule has 12 heteroatoms. The fraction of sp³-hybridized carbons (Fsp3) is 0.344. The lowest BCUT2D eigenvalue weighted by atomic mass is 9.99. The minimum Gasteiger partial charge on any atom is -0.398 e. The monoisotopic (exact) mass is 637 g/mol. The van der Waals surface area contributed by atoms with Crippen LogP contribution in [0.4, 0.5) is 10.8 Å². The molecule has 234 valence electrons. The van der Waals surface area contributed by atoms with E-state index in [4.69, 9.17) is 5.73 Å². The van der Waals surface area contributed by atoms with E-state index in [1.54, 1.807) is 44.3 Å². The van der Waals surface area contributed by atoms with Gasteiger partial charge in [0.15, 0.2) is 5.13 Å². The smallest absolute Gasteiger partial charge is 0.251 e. The van der Waals surface area contributed by atoms with Crippen LogP contribution in [-0.4, -0.2) is 66.9 Å². The molecule has 0 spiro atoms. The normalized spacial score (nSPS) is 13.3. The molecule has 2 amide bonds. The zero-order valence-electron chi connectivity index (χ0n) is 25.5. The second-order valence-electron chi connectivity index (χ2n) is 11.3. The first-order valence-corrected chi connectivity index (χ1v) is 16.6. The first kappa shape index (κ1) is 33.1. The number of amides is 2. The number of nitrogens with zero attached hydrogens (tertiary/aromatic N) is 3. The lowest BCUT2D eigenvalue weighted by Gasteiger charge is -2.31. The maximum absolute atomic E-state index is 14.0. The quantitative estimate of drug-likeness (QED) is 0.197. The van der Waals surface area contributed by atoms with Crippen LogP contribution in [-0.2, 0) is 21.2 Å². The fourth-order valence-corrected chi connectivity index (χ4v) is 7.52. The molecular weight excluding hydrogens is 599 g/mol. The van der Waals surface area contributed by atoms with Crippen molar-refractivity contribution in [1.82, 2.24) is 14.6 Å². The standard InChI is InChI=1S/C32H39N5O5S2/c1-20(2)18-37(44(41,42)24-14-15-27-30(17-24)43-32(35-27)36(5)22(4)38)19-29(39)28(16-23-10-7-6-8-11-23)34-31(40)25-12-9-13-26(33)21(25)3/h6-15,17,20,28-29,39H,16,18-19,33H2,1-5H3,(H,34,40)/t28-,29+/m0/s1. The third-order valence-corrected chi connectivity index (χ3v) is 10.3. The van der Waals surface area contributed by atoms with E-state index in [1.165, 1.54) is 33.5 Å². The highest BCUT2D eigenvalue weighted by Gasteiger charge is 2.32. The Morgan fingerprint density at radius 3 is 2.41 bits per heavy atom. The molecule has 0 aliphatic rings. The number of nitrogens with two attached hydrogens (primary N) is 1. The van der Waals surface area contributed by atoms with Crippen LogP contribution in [0, 0.1) is 12.8 Å². The summed E-state index contributed by atoms with van der Waals surface area (Å²) >= 11 is 1.22. The summed E-state index contributed by atoms with van der Waals surface area (Å²) in [4.78, 5) is 31.1. The van der Waals surface area contributed by atoms with Crippen LogP contribution in [0.2, 0.25) is 0 Å². The number of nitrogens with one attached hydrogen (secondary N) is 1. The molecule has 4 aromatic rings. The van der Waals surface area contributed by atoms with Gasteiger partial charge in [0.25, 0.3) is 5.91 Å². The maximum atomic E-state index is 14.0. The van der Waals surface area contributed by atoms with Gasteiger partial charge in [0.2, 0.25) is 15.9 Å². The molecule has 44 heavy (non-hydrogen) atoms. The summed E-state index contributed by atoms with van der Waals surface area (Å²) in [6, 6.07) is 18.3. The number of aromatic nitrogens is 1. The molecule has 0 fully saturated rings. The van der Waals surface area contributed by atoms with Crippen molar-refractivity contribution in [3.8, 4) is 0 Å². The number of carbonyl (C=O) groups is 2. The van der Waals surface area contributed by atoms with Gasteiger partial charge in [0.05, 0.1) is 27.3 Å². The molecule has 10 nitrogen and oxygen atoms in total. The third-order valence-electron chi connectivity index (χ3n) is 7.40. The molecule has 3 aromatic carbocycles. The number of aliphatic hydroxyl groups excluding tert-OH is 1. The van der Waals surface area contributed by atoms with E-state index in [0.29, 0.717) is 32.2 Å². The molecule has 1 heterocycles. The van der Waals surface area contributed by atoms with E-state index >= 15 is 0 Å². The summed E-state index contributed by atoms with van der Waals surface area (Å²) in [6.45, 7) is 6.89. The number of anilines is 2. The van der Waals surface area contributed by atoms with Crippen molar-refractivity contribution in [3.05, 3.63) is 83.4 Å². The largest absolute Gasteiger partial charge is 0.398 e. The number of rotatable bonds is 12. The average molecular weight is 638 g/mol. The molecule has 0 unspecified atom stereocenters. The molecule has 0 bridgehead atoms. The number of nitrogen functional groups attached to an aromatic ring is 1. The van der Waals surface area contributed by atoms with Gasteiger partial charge in [0, 0.05) is 38.3 Å². The van der Waals surface area contributed by atoms with Crippen molar-refractivity contribution in [2.45, 2.75) is 51.2 Å². The Morgan fingerprint density at radius 2 is 1.75 bits per heavy atom. The van der Waals surface area contributed by atoms with Gasteiger partial charge >= 0.3 is 0 Å². The summed E-state index contributed by atoms with van der Waals surface area (Å²) in [5.41, 5.74) is 8.97. The predicted molar refractivity (Wildman–Crippen MR) is 175 cm³/mol. The number of aliphatic hydroxyl groups is 1. The number of thiazole rings is 1. The minimum atomic E-state index is -4.07. The van der Waals surface area contributed by atoms with Crippen LogP contribution in [0.1, 0.15) is 42.3 Å². The molecule has 0 saturated carbocycles. The average Bonchev–Trinajstić information content (AvgIpc) is 3.41. The molecule has 0 saturated heterocycles. The molecule has 2 atom stereocenters. The van der Waals surface area contributed by atoms with Gasteiger partial charge in [-0.05, 0) is 60.7 Å². The lowest BCUT2D eigenvalue weighted by Crippen LogP contribution is -2.51. The van der Waals surface area contributed by atoms with Crippen molar-refractivity contribution in [2.24, 2.45) is 5.92 Å². The summed E-state index contributed by atoms with van der Waals surface area (Å²) in [7, 11) is -2.45. The molecule has 0 radical (unpaired) electrons. The second kappa shape index (κ2) is 13.9. The van der Waals surface area contributed by atoms with Gasteiger partial charge in [-0.2, -0.15) is 4.31 Å². The predicted octanol–water partition coefficient (Wildman–Crippen LogP) is 4.22. The van der Waals surface area contributed by atoms with Gasteiger partial charge in [-0.25, -0.2) is 13.4 Å². The molecular formula is C32H39N5O5S2. The summed E-state index contributed by atoms with van der Waals surface area (Å²) in [5, 5.41) is 15.0. The van der Waals surface area contributed by atoms with E-state index in [2.05, 4.69) is 10.3 Å². The number of carbonyl (C=O) groups excluding carboxylic acids is 2. The summed E-state index contributed by atoms with van der Waals surface area (Å²) in [6.07, 6.45) is -0.957. The third kappa shape index (κ3) is 7.62. The SMILES string of the molecule is CC(=O)N(C)c1nc2ccc(S(=O)(=O)N(CC(C)C)C[C@@H](O)[C@H](Cc3ccccc3)NC(=O)c3cccc(N)c3C)cc2s1. The number of hydrogen-bond acceptors (Lipinski definition) is 8. The van der Waals surface area contributed by atoms with Gasteiger partial charge in [-0.1, -0.05) is 61.6 Å². The topological polar surface area (TPSA) is 146 Å². The van der Waals surface area contributed by atoms with Crippen LogP contribution < -0.4 is 16.0 Å². The van der Waals surface area contributed by atoms with Crippen molar-refractivity contribution in [2.75, 3.05) is 30.8 Å². The summed E-state index contributed by atoms with van der Waals surface area (Å²) in [5.74, 6) is -0.635. The Morgan fingerprint density at radius 1 is 1.05 bits per heavy atom. The van der Waals surface area contributed by atoms with E-state index in [0.717, 1.165) is 5.56 Å². The number of sulfonamides is 1. The Kier molecular flexibility index (Phi) is 10.4. The summed E-state index contributed by atoms with van der Waals surface area (Å²) < 4.78 is 30.0. The first-order chi connectivity index (χ1) is 20.8. The first-order valence-electron chi connectivity index (χ1n) is 14.3. The van der Waals surface area contributed by atoms with Gasteiger partial charge in [-0.3, -0.25) is 14.5 Å². The van der Waals surface area contributed by atoms with Gasteiger partial charge in [-0.15, -0.1) is 0 Å². The van der Waals surface area contributed by atoms with Crippen LogP contribution in [0.3, 0.4) is 0 Å². The highest BCUT2D eigenvalue weighted by molar-refractivity contribution is 7.89. The van der Waals surface area contributed by atoms with Gasteiger partial charge < -0.3 is 16.2 Å². The van der Waals surface area contributed by atoms with Crippen molar-refractivity contribution >= 4 is 54.2 Å². The molecule has 1 aromatic heterocycles. The number of hydrogen-bond donors (Lipinski definition) is 3. The van der Waals surface area contributed by atoms with Crippen molar-refractivity contribution in [3.63, 3.8) is 0 Å². The van der Waals surface area contributed by atoms with Crippen LogP contribution in [0.15, 0.2) is 71.6 Å². The Balaban J connectivity index is 1.65. The second-order valence-corrected chi connectivity index (χ2v) is 14.2. The van der Waals surface area contributed by atoms with Crippen LogP contribution in [0.25, 0.3) is 10.2 Å². The lowest BCUT2D eigenvalue weighted by molar-refractivity contribution is -0.116. The maximum Gasteiger partial charge on any atom is 0.251 e. The highest BCUT2D eigenvalue weighted by atomic mass is 32.2. The van der Waals surface area contributed by atoms with E-state index < -0.39 is 28.1 Å². The molecule has 0 aliphatic heterocycles. The zero-order chi connectivity index (χ0) is 32.2. The van der Waals surface area contributed by atoms with E-state index in [1.807, 2.05) is 44.2 Å². The van der Waals surface area contributed by atoms with E-state index in [-0.39, 0.29) is 36.2 Å². The van der Waals surface area contributed by atoms with Crippen LogP contribution >= 0.6 is 11.3 Å². The fourth-order valence-electron chi connectivity index (χ4n) is 4.79. The number of benzene rings is 3. The van der Waals surface area contributed by atoms with Crippen LogP contribution in [0.5, 0.6) is 0 Å². The van der Waals surface area contributed by atoms with E-state index in [9.17, 15) is 23.1 Å². The molecule has 4 N–H and O–H groups in total. The van der Waals surface area contributed by atoms with Gasteiger partial charge in [0.1, 0.15) is 0 Å². The van der Waals surface area contributed by atoms with Crippen molar-refractivity contribution in [1.29, 1.82) is 0 Å². The Labute approximate surface area is 262 Å². The minimum absolute atomic E-state index is 0.0444. The number of fused-ring (bicyclic) bond motifs is 1. The Bertz CT molecular complexity index is 1740. The molecule has 4 rings (SSSR count). The highest BCUT2D eigenvalue weighted by Crippen LogP contribution is 2.31. The van der Waals surface area contributed by atoms with Crippen molar-refractivity contribution < 1.29 is 23.1 Å².